The minimum Gasteiger partial charge on any atom is -0.384 e. The molecule has 84 valence electrons. The van der Waals surface area contributed by atoms with Gasteiger partial charge in [0.1, 0.15) is 0 Å². The third-order valence-corrected chi connectivity index (χ3v) is 3.89. The van der Waals surface area contributed by atoms with Gasteiger partial charge in [0.05, 0.1) is 6.61 Å². The molecular weight excluding hydrogens is 299 g/mol. The van der Waals surface area contributed by atoms with Gasteiger partial charge in [0.25, 0.3) is 0 Å². The maximum Gasteiger partial charge on any atom is 0.0582 e. The molecule has 15 heavy (non-hydrogen) atoms. The zero-order valence-corrected chi connectivity index (χ0v) is 11.6. The number of ether oxygens (including phenoxy) is 1. The maximum atomic E-state index is 6.01. The third kappa shape index (κ3) is 3.10. The number of alkyl halides is 2. The molecule has 0 saturated heterocycles. The fourth-order valence-corrected chi connectivity index (χ4v) is 2.59. The van der Waals surface area contributed by atoms with Crippen molar-refractivity contribution in [2.75, 3.05) is 25.5 Å². The van der Waals surface area contributed by atoms with Crippen LogP contribution in [0.1, 0.15) is 5.56 Å². The van der Waals surface area contributed by atoms with E-state index in [-0.39, 0.29) is 5.41 Å². The Hall–Kier alpha value is 0.240. The molecule has 0 atom stereocenters. The average molecular weight is 312 g/mol. The lowest BCUT2D eigenvalue weighted by Gasteiger charge is -2.29. The van der Waals surface area contributed by atoms with Crippen LogP contribution in [0.2, 0.25) is 0 Å². The number of halogens is 3. The Labute approximate surface area is 109 Å². The van der Waals surface area contributed by atoms with Crippen molar-refractivity contribution < 1.29 is 4.74 Å². The minimum atomic E-state index is -0.304. The molecule has 0 saturated carbocycles. The van der Waals surface area contributed by atoms with Crippen LogP contribution in [0.25, 0.3) is 0 Å². The Morgan fingerprint density at radius 1 is 1.33 bits per heavy atom. The summed E-state index contributed by atoms with van der Waals surface area (Å²) in [6.07, 6.45) is 0. The Kier molecular flexibility index (Phi) is 5.41. The lowest BCUT2D eigenvalue weighted by Crippen LogP contribution is -2.35. The molecule has 0 bridgehead atoms. The topological polar surface area (TPSA) is 9.23 Å². The second-order valence-electron chi connectivity index (χ2n) is 3.49. The van der Waals surface area contributed by atoms with Crippen LogP contribution < -0.4 is 0 Å². The number of benzene rings is 1. The fourth-order valence-electron chi connectivity index (χ4n) is 1.45. The van der Waals surface area contributed by atoms with Gasteiger partial charge in [-0.3, -0.25) is 0 Å². The molecule has 0 fully saturated rings. The molecule has 1 aromatic rings. The van der Waals surface area contributed by atoms with Gasteiger partial charge in [-0.05, 0) is 17.7 Å². The van der Waals surface area contributed by atoms with Gasteiger partial charge in [-0.2, -0.15) is 0 Å². The lowest BCUT2D eigenvalue weighted by molar-refractivity contribution is 0.149. The van der Waals surface area contributed by atoms with E-state index in [0.717, 1.165) is 10.0 Å². The lowest BCUT2D eigenvalue weighted by atomic mass is 9.85. The van der Waals surface area contributed by atoms with Crippen LogP contribution in [0.5, 0.6) is 0 Å². The first-order valence-corrected chi connectivity index (χ1v) is 6.41. The SMILES string of the molecule is COCC(CCl)(CCl)c1cccc(Br)c1. The Balaban J connectivity index is 3.07. The molecule has 0 aromatic heterocycles. The van der Waals surface area contributed by atoms with E-state index in [9.17, 15) is 0 Å². The first kappa shape index (κ1) is 13.3. The second kappa shape index (κ2) is 6.09. The Morgan fingerprint density at radius 3 is 2.47 bits per heavy atom. The molecule has 1 aromatic carbocycles. The molecule has 4 heteroatoms. The first-order chi connectivity index (χ1) is 7.18. The summed E-state index contributed by atoms with van der Waals surface area (Å²) in [5, 5.41) is 0. The highest BCUT2D eigenvalue weighted by Gasteiger charge is 2.30. The summed E-state index contributed by atoms with van der Waals surface area (Å²) in [6.45, 7) is 0.524. The molecule has 0 unspecified atom stereocenters. The molecule has 0 N–H and O–H groups in total. The van der Waals surface area contributed by atoms with E-state index in [0.29, 0.717) is 18.4 Å². The number of hydrogen-bond donors (Lipinski definition) is 0. The van der Waals surface area contributed by atoms with Gasteiger partial charge < -0.3 is 4.74 Å². The van der Waals surface area contributed by atoms with Gasteiger partial charge in [-0.15, -0.1) is 23.2 Å². The molecule has 0 spiro atoms. The molecule has 0 heterocycles. The van der Waals surface area contributed by atoms with E-state index in [1.54, 1.807) is 7.11 Å². The average Bonchev–Trinajstić information content (AvgIpc) is 2.26. The van der Waals surface area contributed by atoms with Gasteiger partial charge in [0.15, 0.2) is 0 Å². The minimum absolute atomic E-state index is 0.304. The summed E-state index contributed by atoms with van der Waals surface area (Å²) in [6, 6.07) is 8.00. The zero-order valence-electron chi connectivity index (χ0n) is 8.47. The largest absolute Gasteiger partial charge is 0.384 e. The maximum absolute atomic E-state index is 6.01. The number of rotatable bonds is 5. The molecule has 1 nitrogen and oxygen atoms in total. The standard InChI is InChI=1S/C11H13BrCl2O/c1-15-8-11(6-13,7-14)9-3-2-4-10(12)5-9/h2-5H,6-8H2,1H3. The summed E-state index contributed by atoms with van der Waals surface area (Å²) >= 11 is 15.5. The highest BCUT2D eigenvalue weighted by Crippen LogP contribution is 2.29. The highest BCUT2D eigenvalue weighted by molar-refractivity contribution is 9.10. The quantitative estimate of drug-likeness (QED) is 0.751. The van der Waals surface area contributed by atoms with E-state index in [2.05, 4.69) is 15.9 Å². The van der Waals surface area contributed by atoms with Crippen LogP contribution in [0.4, 0.5) is 0 Å². The van der Waals surface area contributed by atoms with Crippen LogP contribution in [0.3, 0.4) is 0 Å². The van der Waals surface area contributed by atoms with E-state index in [1.165, 1.54) is 0 Å². The van der Waals surface area contributed by atoms with Crippen LogP contribution >= 0.6 is 39.1 Å². The normalized spacial score (nSPS) is 11.7. The number of hydrogen-bond acceptors (Lipinski definition) is 1. The summed E-state index contributed by atoms with van der Waals surface area (Å²) < 4.78 is 6.22. The molecule has 1 rings (SSSR count). The molecular formula is C11H13BrCl2O. The molecule has 0 radical (unpaired) electrons. The Morgan fingerprint density at radius 2 is 2.00 bits per heavy atom. The zero-order chi connectivity index (χ0) is 11.3. The van der Waals surface area contributed by atoms with Gasteiger partial charge in [0, 0.05) is 28.8 Å². The first-order valence-electron chi connectivity index (χ1n) is 4.55. The van der Waals surface area contributed by atoms with Crippen molar-refractivity contribution in [3.8, 4) is 0 Å². The van der Waals surface area contributed by atoms with Gasteiger partial charge in [0.2, 0.25) is 0 Å². The molecule has 0 aliphatic heterocycles. The molecule has 0 amide bonds. The van der Waals surface area contributed by atoms with E-state index >= 15 is 0 Å². The van der Waals surface area contributed by atoms with Crippen LogP contribution in [0.15, 0.2) is 28.7 Å². The van der Waals surface area contributed by atoms with E-state index in [4.69, 9.17) is 27.9 Å². The van der Waals surface area contributed by atoms with Crippen molar-refractivity contribution >= 4 is 39.1 Å². The van der Waals surface area contributed by atoms with Gasteiger partial charge in [-0.1, -0.05) is 28.1 Å². The predicted molar refractivity (Wildman–Crippen MR) is 69.1 cm³/mol. The highest BCUT2D eigenvalue weighted by atomic mass is 79.9. The second-order valence-corrected chi connectivity index (χ2v) is 4.94. The molecule has 0 aliphatic carbocycles. The predicted octanol–water partition coefficient (Wildman–Crippen LogP) is 3.81. The summed E-state index contributed by atoms with van der Waals surface area (Å²) in [5.41, 5.74) is 0.797. The fraction of sp³-hybridized carbons (Fsp3) is 0.455. The summed E-state index contributed by atoms with van der Waals surface area (Å²) in [4.78, 5) is 0. The summed E-state index contributed by atoms with van der Waals surface area (Å²) in [7, 11) is 1.66. The van der Waals surface area contributed by atoms with Crippen molar-refractivity contribution in [1.82, 2.24) is 0 Å². The van der Waals surface area contributed by atoms with E-state index < -0.39 is 0 Å². The van der Waals surface area contributed by atoms with Crippen LogP contribution in [-0.4, -0.2) is 25.5 Å². The monoisotopic (exact) mass is 310 g/mol. The van der Waals surface area contributed by atoms with Crippen molar-refractivity contribution in [2.24, 2.45) is 0 Å². The smallest absolute Gasteiger partial charge is 0.0582 e. The number of methoxy groups -OCH3 is 1. The Bertz CT molecular complexity index is 313. The molecule has 0 aliphatic rings. The van der Waals surface area contributed by atoms with Crippen molar-refractivity contribution in [1.29, 1.82) is 0 Å². The van der Waals surface area contributed by atoms with Crippen LogP contribution in [0, 0.1) is 0 Å². The van der Waals surface area contributed by atoms with E-state index in [1.807, 2.05) is 24.3 Å². The van der Waals surface area contributed by atoms with Gasteiger partial charge >= 0.3 is 0 Å². The van der Waals surface area contributed by atoms with Crippen molar-refractivity contribution in [3.05, 3.63) is 34.3 Å². The van der Waals surface area contributed by atoms with Crippen molar-refractivity contribution in [3.63, 3.8) is 0 Å². The van der Waals surface area contributed by atoms with Crippen LogP contribution in [-0.2, 0) is 10.2 Å². The van der Waals surface area contributed by atoms with Gasteiger partial charge in [-0.25, -0.2) is 0 Å². The van der Waals surface area contributed by atoms with Crippen molar-refractivity contribution in [2.45, 2.75) is 5.41 Å². The summed E-state index contributed by atoms with van der Waals surface area (Å²) in [5.74, 6) is 0.890. The third-order valence-electron chi connectivity index (χ3n) is 2.37.